The lowest BCUT2D eigenvalue weighted by molar-refractivity contribution is 0.00286. The van der Waals surface area contributed by atoms with Crippen LogP contribution < -0.4 is 5.32 Å². The fourth-order valence-corrected chi connectivity index (χ4v) is 5.75. The second-order valence-corrected chi connectivity index (χ2v) is 8.65. The van der Waals surface area contributed by atoms with Crippen LogP contribution in [0.2, 0.25) is 0 Å². The predicted octanol–water partition coefficient (Wildman–Crippen LogP) is 2.81. The number of furan rings is 1. The molecule has 3 aliphatic rings. The molecule has 0 saturated carbocycles. The predicted molar refractivity (Wildman–Crippen MR) is 109 cm³/mol. The Balaban J connectivity index is 1.18. The summed E-state index contributed by atoms with van der Waals surface area (Å²) >= 11 is 0. The van der Waals surface area contributed by atoms with Gasteiger partial charge >= 0.3 is 0 Å². The zero-order valence-corrected chi connectivity index (χ0v) is 16.5. The molecule has 7 heteroatoms. The van der Waals surface area contributed by atoms with E-state index in [1.165, 1.54) is 6.26 Å². The number of carbonyl (C=O) groups excluding carboxylic acids is 2. The number of amides is 2. The van der Waals surface area contributed by atoms with E-state index in [0.717, 1.165) is 23.7 Å². The van der Waals surface area contributed by atoms with Crippen molar-refractivity contribution >= 4 is 22.7 Å². The van der Waals surface area contributed by atoms with Gasteiger partial charge in [0.25, 0.3) is 11.8 Å². The maximum atomic E-state index is 12.9. The normalized spacial score (nSPS) is 29.5. The summed E-state index contributed by atoms with van der Waals surface area (Å²) in [6.07, 6.45) is 5.46. The number of aromatic nitrogens is 1. The highest BCUT2D eigenvalue weighted by molar-refractivity contribution is 6.05. The third-order valence-electron chi connectivity index (χ3n) is 7.13. The molecule has 7 nitrogen and oxygen atoms in total. The SMILES string of the molecule is O=C(NC[C@H]1[C@H]2CN(C(=O)c3ccco3)C[C@]23CC[C@H]1O3)c1cccc2cc[nH]c12. The Bertz CT molecular complexity index is 1120. The van der Waals surface area contributed by atoms with Crippen molar-refractivity contribution in [2.45, 2.75) is 24.5 Å². The molecule has 30 heavy (non-hydrogen) atoms. The zero-order valence-electron chi connectivity index (χ0n) is 16.5. The fraction of sp³-hybridized carbons (Fsp3) is 0.391. The third kappa shape index (κ3) is 2.55. The van der Waals surface area contributed by atoms with Crippen molar-refractivity contribution in [3.05, 3.63) is 60.2 Å². The average molecular weight is 405 g/mol. The molecule has 3 aliphatic heterocycles. The Kier molecular flexibility index (Phi) is 3.83. The van der Waals surface area contributed by atoms with Gasteiger partial charge in [0.15, 0.2) is 5.76 Å². The molecule has 6 rings (SSSR count). The van der Waals surface area contributed by atoms with Gasteiger partial charge in [-0.25, -0.2) is 0 Å². The summed E-state index contributed by atoms with van der Waals surface area (Å²) in [6.45, 7) is 1.79. The summed E-state index contributed by atoms with van der Waals surface area (Å²) in [5.41, 5.74) is 1.23. The first-order valence-corrected chi connectivity index (χ1v) is 10.5. The molecule has 3 aromatic rings. The van der Waals surface area contributed by atoms with Crippen LogP contribution in [-0.2, 0) is 4.74 Å². The molecule has 1 spiro atoms. The Hall–Kier alpha value is -3.06. The molecule has 2 aromatic heterocycles. The summed E-state index contributed by atoms with van der Waals surface area (Å²) in [5.74, 6) is 0.639. The average Bonchev–Trinajstić information content (AvgIpc) is 3.56. The number of para-hydroxylation sites is 1. The Morgan fingerprint density at radius 1 is 1.23 bits per heavy atom. The monoisotopic (exact) mass is 405 g/mol. The van der Waals surface area contributed by atoms with E-state index >= 15 is 0 Å². The maximum Gasteiger partial charge on any atom is 0.289 e. The Morgan fingerprint density at radius 3 is 3.03 bits per heavy atom. The van der Waals surface area contributed by atoms with Crippen LogP contribution in [0.3, 0.4) is 0 Å². The lowest BCUT2D eigenvalue weighted by Gasteiger charge is -2.29. The van der Waals surface area contributed by atoms with Gasteiger partial charge in [0.1, 0.15) is 0 Å². The van der Waals surface area contributed by atoms with E-state index < -0.39 is 0 Å². The van der Waals surface area contributed by atoms with Crippen LogP contribution in [0.25, 0.3) is 10.9 Å². The number of rotatable bonds is 4. The van der Waals surface area contributed by atoms with Gasteiger partial charge < -0.3 is 24.4 Å². The van der Waals surface area contributed by atoms with E-state index in [0.29, 0.717) is 31.0 Å². The van der Waals surface area contributed by atoms with Crippen molar-refractivity contribution in [2.24, 2.45) is 11.8 Å². The number of nitrogens with zero attached hydrogens (tertiary/aromatic N) is 1. The number of likely N-dealkylation sites (tertiary alicyclic amines) is 1. The smallest absolute Gasteiger partial charge is 0.289 e. The van der Waals surface area contributed by atoms with Gasteiger partial charge in [0, 0.05) is 36.5 Å². The number of hydrogen-bond acceptors (Lipinski definition) is 4. The van der Waals surface area contributed by atoms with Crippen molar-refractivity contribution in [1.29, 1.82) is 0 Å². The van der Waals surface area contributed by atoms with Crippen molar-refractivity contribution in [1.82, 2.24) is 15.2 Å². The van der Waals surface area contributed by atoms with Crippen LogP contribution in [0.15, 0.2) is 53.3 Å². The Labute approximate surface area is 173 Å². The molecule has 1 aromatic carbocycles. The van der Waals surface area contributed by atoms with Crippen molar-refractivity contribution in [3.8, 4) is 0 Å². The molecular weight excluding hydrogens is 382 g/mol. The molecule has 2 bridgehead atoms. The van der Waals surface area contributed by atoms with Crippen molar-refractivity contribution in [3.63, 3.8) is 0 Å². The number of benzene rings is 1. The van der Waals surface area contributed by atoms with Gasteiger partial charge in [-0.1, -0.05) is 12.1 Å². The van der Waals surface area contributed by atoms with Crippen LogP contribution in [0.1, 0.15) is 33.8 Å². The van der Waals surface area contributed by atoms with Crippen LogP contribution >= 0.6 is 0 Å². The van der Waals surface area contributed by atoms with E-state index in [9.17, 15) is 9.59 Å². The van der Waals surface area contributed by atoms with Crippen LogP contribution in [-0.4, -0.2) is 53.0 Å². The molecule has 2 amide bonds. The third-order valence-corrected chi connectivity index (χ3v) is 7.13. The highest BCUT2D eigenvalue weighted by Crippen LogP contribution is 2.54. The second kappa shape index (κ2) is 6.47. The van der Waals surface area contributed by atoms with E-state index in [1.807, 2.05) is 35.4 Å². The summed E-state index contributed by atoms with van der Waals surface area (Å²) in [5, 5.41) is 4.15. The maximum absolute atomic E-state index is 12.9. The quantitative estimate of drug-likeness (QED) is 0.699. The minimum atomic E-state index is -0.276. The second-order valence-electron chi connectivity index (χ2n) is 8.65. The molecule has 0 radical (unpaired) electrons. The molecule has 0 aliphatic carbocycles. The van der Waals surface area contributed by atoms with Gasteiger partial charge in [-0.05, 0) is 37.1 Å². The summed E-state index contributed by atoms with van der Waals surface area (Å²) in [7, 11) is 0. The number of fused-ring (bicyclic) bond motifs is 2. The number of H-pyrrole nitrogens is 1. The van der Waals surface area contributed by atoms with Crippen LogP contribution in [0.5, 0.6) is 0 Å². The largest absolute Gasteiger partial charge is 0.459 e. The standard InChI is InChI=1S/C23H23N3O4/c27-21(15-4-1-3-14-7-9-24-20(14)15)25-11-16-17-12-26(22(28)19-5-2-10-29-19)13-23(17)8-6-18(16)30-23/h1-5,7,9-10,16-18,24H,6,8,11-13H2,(H,25,27)/t16-,17+,18+,23+/m0/s1. The molecule has 5 heterocycles. The number of carbonyl (C=O) groups is 2. The molecule has 2 N–H and O–H groups in total. The first-order chi connectivity index (χ1) is 14.6. The summed E-state index contributed by atoms with van der Waals surface area (Å²) in [6, 6.07) is 11.1. The first-order valence-electron chi connectivity index (χ1n) is 10.5. The number of aromatic amines is 1. The first kappa shape index (κ1) is 17.8. The van der Waals surface area contributed by atoms with Crippen molar-refractivity contribution in [2.75, 3.05) is 19.6 Å². The highest BCUT2D eigenvalue weighted by atomic mass is 16.5. The zero-order chi connectivity index (χ0) is 20.3. The molecule has 154 valence electrons. The molecule has 3 fully saturated rings. The van der Waals surface area contributed by atoms with Gasteiger partial charge in [-0.2, -0.15) is 0 Å². The van der Waals surface area contributed by atoms with E-state index in [2.05, 4.69) is 10.3 Å². The number of hydrogen-bond donors (Lipinski definition) is 2. The minimum Gasteiger partial charge on any atom is -0.459 e. The lowest BCUT2D eigenvalue weighted by Crippen LogP contribution is -2.41. The van der Waals surface area contributed by atoms with Gasteiger partial charge in [-0.15, -0.1) is 0 Å². The fourth-order valence-electron chi connectivity index (χ4n) is 5.75. The molecule has 3 saturated heterocycles. The summed E-state index contributed by atoms with van der Waals surface area (Å²) < 4.78 is 11.7. The number of ether oxygens (including phenoxy) is 1. The van der Waals surface area contributed by atoms with Gasteiger partial charge in [-0.3, -0.25) is 9.59 Å². The van der Waals surface area contributed by atoms with Crippen LogP contribution in [0, 0.1) is 11.8 Å². The topological polar surface area (TPSA) is 87.6 Å². The van der Waals surface area contributed by atoms with Crippen LogP contribution in [0.4, 0.5) is 0 Å². The van der Waals surface area contributed by atoms with Gasteiger partial charge in [0.2, 0.25) is 0 Å². The van der Waals surface area contributed by atoms with Crippen molar-refractivity contribution < 1.29 is 18.7 Å². The Morgan fingerprint density at radius 2 is 2.17 bits per heavy atom. The van der Waals surface area contributed by atoms with E-state index in [4.69, 9.17) is 9.15 Å². The summed E-state index contributed by atoms with van der Waals surface area (Å²) in [4.78, 5) is 30.7. The minimum absolute atomic E-state index is 0.0820. The molecule has 4 atom stereocenters. The highest BCUT2D eigenvalue weighted by Gasteiger charge is 2.63. The van der Waals surface area contributed by atoms with E-state index in [1.54, 1.807) is 12.1 Å². The molecular formula is C23H23N3O4. The number of nitrogens with one attached hydrogen (secondary N) is 2. The van der Waals surface area contributed by atoms with Gasteiger partial charge in [0.05, 0.1) is 35.6 Å². The lowest BCUT2D eigenvalue weighted by atomic mass is 9.73. The van der Waals surface area contributed by atoms with E-state index in [-0.39, 0.29) is 35.4 Å². The molecule has 0 unspecified atom stereocenters.